The molecule has 0 unspecified atom stereocenters. The van der Waals surface area contributed by atoms with E-state index in [0.29, 0.717) is 20.9 Å². The summed E-state index contributed by atoms with van der Waals surface area (Å²) in [7, 11) is 0. The van der Waals surface area contributed by atoms with Gasteiger partial charge in [-0.1, -0.05) is 47.2 Å². The fraction of sp³-hybridized carbons (Fsp3) is 0.167. The molecule has 5 nitrogen and oxygen atoms in total. The van der Waals surface area contributed by atoms with E-state index in [9.17, 15) is 4.79 Å². The Bertz CT molecular complexity index is 894. The smallest absolute Gasteiger partial charge is 0.264 e. The predicted octanol–water partition coefficient (Wildman–Crippen LogP) is 4.49. The number of nitrogens with zero attached hydrogens (tertiary/aromatic N) is 2. The quantitative estimate of drug-likeness (QED) is 0.715. The van der Waals surface area contributed by atoms with Gasteiger partial charge >= 0.3 is 0 Å². The number of ether oxygens (including phenoxy) is 1. The van der Waals surface area contributed by atoms with Crippen LogP contribution in [0, 0.1) is 13.8 Å². The molecule has 0 saturated heterocycles. The van der Waals surface area contributed by atoms with E-state index in [4.69, 9.17) is 16.3 Å². The molecule has 0 atom stereocenters. The number of anilines is 1. The van der Waals surface area contributed by atoms with E-state index in [1.54, 1.807) is 12.1 Å². The molecular weight excluding hydrogens is 358 g/mol. The van der Waals surface area contributed by atoms with Gasteiger partial charge in [0.25, 0.3) is 5.91 Å². The van der Waals surface area contributed by atoms with E-state index in [-0.39, 0.29) is 12.5 Å². The highest BCUT2D eigenvalue weighted by Crippen LogP contribution is 2.27. The first-order valence-corrected chi connectivity index (χ1v) is 8.80. The molecule has 1 aromatic heterocycles. The maximum atomic E-state index is 12.1. The highest BCUT2D eigenvalue weighted by Gasteiger charge is 2.11. The van der Waals surface area contributed by atoms with Gasteiger partial charge < -0.3 is 4.74 Å². The molecule has 1 amide bonds. The lowest BCUT2D eigenvalue weighted by Gasteiger charge is -2.10. The third kappa shape index (κ3) is 4.35. The van der Waals surface area contributed by atoms with Crippen LogP contribution in [-0.2, 0) is 4.79 Å². The average molecular weight is 374 g/mol. The van der Waals surface area contributed by atoms with Gasteiger partial charge in [0.15, 0.2) is 6.61 Å². The van der Waals surface area contributed by atoms with Crippen molar-refractivity contribution in [1.82, 2.24) is 10.2 Å². The molecule has 0 spiro atoms. The summed E-state index contributed by atoms with van der Waals surface area (Å²) >= 11 is 7.17. The summed E-state index contributed by atoms with van der Waals surface area (Å²) in [5.41, 5.74) is 3.04. The Balaban J connectivity index is 1.60. The van der Waals surface area contributed by atoms with Gasteiger partial charge in [0.05, 0.1) is 0 Å². The maximum Gasteiger partial charge on any atom is 0.264 e. The summed E-state index contributed by atoms with van der Waals surface area (Å²) in [6.45, 7) is 3.88. The Morgan fingerprint density at radius 2 is 1.92 bits per heavy atom. The number of aryl methyl sites for hydroxylation is 1. The van der Waals surface area contributed by atoms with Crippen molar-refractivity contribution in [3.8, 4) is 16.3 Å². The zero-order valence-corrected chi connectivity index (χ0v) is 15.3. The molecule has 25 heavy (non-hydrogen) atoms. The van der Waals surface area contributed by atoms with Crippen molar-refractivity contribution < 1.29 is 9.53 Å². The van der Waals surface area contributed by atoms with Crippen molar-refractivity contribution >= 4 is 34.0 Å². The second-order valence-corrected chi connectivity index (χ2v) is 6.87. The molecule has 0 aliphatic heterocycles. The molecule has 7 heteroatoms. The Morgan fingerprint density at radius 3 is 2.68 bits per heavy atom. The number of carbonyl (C=O) groups excluding carboxylic acids is 1. The molecule has 1 heterocycles. The first-order chi connectivity index (χ1) is 12.0. The summed E-state index contributed by atoms with van der Waals surface area (Å²) in [5, 5.41) is 12.6. The number of nitrogens with one attached hydrogen (secondary N) is 1. The van der Waals surface area contributed by atoms with Gasteiger partial charge in [-0.2, -0.15) is 0 Å². The third-order valence-electron chi connectivity index (χ3n) is 3.68. The SMILES string of the molecule is Cc1cccc(OCC(=O)Nc2nnc(-c3ccc(Cl)cc3)s2)c1C. The van der Waals surface area contributed by atoms with Gasteiger partial charge in [-0.3, -0.25) is 10.1 Å². The molecule has 0 aliphatic rings. The first kappa shape index (κ1) is 17.4. The van der Waals surface area contributed by atoms with Crippen LogP contribution in [0.4, 0.5) is 5.13 Å². The second kappa shape index (κ2) is 7.63. The van der Waals surface area contributed by atoms with E-state index >= 15 is 0 Å². The number of hydrogen-bond acceptors (Lipinski definition) is 5. The summed E-state index contributed by atoms with van der Waals surface area (Å²) in [6.07, 6.45) is 0. The lowest BCUT2D eigenvalue weighted by Crippen LogP contribution is -2.20. The number of benzene rings is 2. The molecule has 2 aromatic carbocycles. The zero-order chi connectivity index (χ0) is 17.8. The third-order valence-corrected chi connectivity index (χ3v) is 4.82. The Kier molecular flexibility index (Phi) is 5.31. The summed E-state index contributed by atoms with van der Waals surface area (Å²) in [6, 6.07) is 13.0. The molecule has 3 aromatic rings. The normalized spacial score (nSPS) is 10.5. The van der Waals surface area contributed by atoms with Gasteiger partial charge in [0, 0.05) is 10.6 Å². The Hall–Kier alpha value is -2.44. The fourth-order valence-corrected chi connectivity index (χ4v) is 3.05. The van der Waals surface area contributed by atoms with E-state index in [1.165, 1.54) is 11.3 Å². The number of halogens is 1. The predicted molar refractivity (Wildman–Crippen MR) is 100 cm³/mol. The second-order valence-electron chi connectivity index (χ2n) is 5.45. The van der Waals surface area contributed by atoms with Crippen LogP contribution in [0.2, 0.25) is 5.02 Å². The van der Waals surface area contributed by atoms with Crippen LogP contribution in [0.25, 0.3) is 10.6 Å². The largest absolute Gasteiger partial charge is 0.483 e. The monoisotopic (exact) mass is 373 g/mol. The topological polar surface area (TPSA) is 64.1 Å². The van der Waals surface area contributed by atoms with E-state index in [1.807, 2.05) is 44.2 Å². The van der Waals surface area contributed by atoms with Crippen LogP contribution in [0.15, 0.2) is 42.5 Å². The number of amides is 1. The fourth-order valence-electron chi connectivity index (χ4n) is 2.16. The molecule has 128 valence electrons. The van der Waals surface area contributed by atoms with Crippen LogP contribution in [0.1, 0.15) is 11.1 Å². The van der Waals surface area contributed by atoms with Crippen LogP contribution >= 0.6 is 22.9 Å². The number of aromatic nitrogens is 2. The van der Waals surface area contributed by atoms with Gasteiger partial charge in [-0.25, -0.2) is 0 Å². The molecule has 0 bridgehead atoms. The zero-order valence-electron chi connectivity index (χ0n) is 13.7. The van der Waals surface area contributed by atoms with E-state index in [0.717, 1.165) is 16.7 Å². The first-order valence-electron chi connectivity index (χ1n) is 7.61. The standard InChI is InChI=1S/C18H16ClN3O2S/c1-11-4-3-5-15(12(11)2)24-10-16(23)20-18-22-21-17(25-18)13-6-8-14(19)9-7-13/h3-9H,10H2,1-2H3,(H,20,22,23). The molecule has 1 N–H and O–H groups in total. The molecular formula is C18H16ClN3O2S. The molecule has 0 radical (unpaired) electrons. The molecule has 0 fully saturated rings. The van der Waals surface area contributed by atoms with E-state index in [2.05, 4.69) is 15.5 Å². The number of hydrogen-bond donors (Lipinski definition) is 1. The van der Waals surface area contributed by atoms with Crippen molar-refractivity contribution in [2.45, 2.75) is 13.8 Å². The Labute approximate surface area is 154 Å². The average Bonchev–Trinajstić information content (AvgIpc) is 3.05. The van der Waals surface area contributed by atoms with Crippen LogP contribution in [0.5, 0.6) is 5.75 Å². The van der Waals surface area contributed by atoms with Crippen LogP contribution < -0.4 is 10.1 Å². The number of rotatable bonds is 5. The molecule has 0 saturated carbocycles. The maximum absolute atomic E-state index is 12.1. The van der Waals surface area contributed by atoms with Crippen molar-refractivity contribution in [3.63, 3.8) is 0 Å². The van der Waals surface area contributed by atoms with Gasteiger partial charge in [0.2, 0.25) is 5.13 Å². The van der Waals surface area contributed by atoms with Gasteiger partial charge in [0.1, 0.15) is 10.8 Å². The van der Waals surface area contributed by atoms with E-state index < -0.39 is 0 Å². The van der Waals surface area contributed by atoms with Gasteiger partial charge in [-0.05, 0) is 43.2 Å². The lowest BCUT2D eigenvalue weighted by molar-refractivity contribution is -0.118. The summed E-state index contributed by atoms with van der Waals surface area (Å²) in [4.78, 5) is 12.1. The Morgan fingerprint density at radius 1 is 1.16 bits per heavy atom. The molecule has 0 aliphatic carbocycles. The minimum Gasteiger partial charge on any atom is -0.483 e. The minimum absolute atomic E-state index is 0.0832. The summed E-state index contributed by atoms with van der Waals surface area (Å²) < 4.78 is 5.59. The minimum atomic E-state index is -0.278. The lowest BCUT2D eigenvalue weighted by atomic mass is 10.1. The number of carbonyl (C=O) groups is 1. The molecule has 3 rings (SSSR count). The van der Waals surface area contributed by atoms with Crippen LogP contribution in [-0.4, -0.2) is 22.7 Å². The van der Waals surface area contributed by atoms with Crippen molar-refractivity contribution in [1.29, 1.82) is 0 Å². The highest BCUT2D eigenvalue weighted by atomic mass is 35.5. The summed E-state index contributed by atoms with van der Waals surface area (Å²) in [5.74, 6) is 0.425. The van der Waals surface area contributed by atoms with Crippen molar-refractivity contribution in [2.75, 3.05) is 11.9 Å². The highest BCUT2D eigenvalue weighted by molar-refractivity contribution is 7.18. The van der Waals surface area contributed by atoms with Crippen LogP contribution in [0.3, 0.4) is 0 Å². The van der Waals surface area contributed by atoms with Crippen molar-refractivity contribution in [2.24, 2.45) is 0 Å². The van der Waals surface area contributed by atoms with Gasteiger partial charge in [-0.15, -0.1) is 10.2 Å². The van der Waals surface area contributed by atoms with Crippen molar-refractivity contribution in [3.05, 3.63) is 58.6 Å².